The van der Waals surface area contributed by atoms with E-state index in [4.69, 9.17) is 16.7 Å². The fourth-order valence-electron chi connectivity index (χ4n) is 1.97. The van der Waals surface area contributed by atoms with Gasteiger partial charge in [-0.3, -0.25) is 0 Å². The highest BCUT2D eigenvalue weighted by atomic mass is 35.5. The third kappa shape index (κ3) is 3.15. The third-order valence-electron chi connectivity index (χ3n) is 2.85. The van der Waals surface area contributed by atoms with E-state index in [1.807, 2.05) is 12.1 Å². The lowest BCUT2D eigenvalue weighted by Gasteiger charge is -2.23. The minimum atomic E-state index is -1.21. The summed E-state index contributed by atoms with van der Waals surface area (Å²) in [6.45, 7) is 1.62. The molecule has 5 heteroatoms. The Kier molecular flexibility index (Phi) is 3.94. The van der Waals surface area contributed by atoms with E-state index in [1.165, 1.54) is 17.4 Å². The highest BCUT2D eigenvalue weighted by Gasteiger charge is 2.30. The predicted octanol–water partition coefficient (Wildman–Crippen LogP) is 3.55. The van der Waals surface area contributed by atoms with Crippen molar-refractivity contribution in [1.82, 2.24) is 0 Å². The molecule has 100 valence electrons. The van der Waals surface area contributed by atoms with Gasteiger partial charge in [0.2, 0.25) is 0 Å². The molecule has 19 heavy (non-hydrogen) atoms. The van der Waals surface area contributed by atoms with Crippen molar-refractivity contribution < 1.29 is 15.0 Å². The minimum absolute atomic E-state index is 0.156. The van der Waals surface area contributed by atoms with Crippen LogP contribution in [0.4, 0.5) is 0 Å². The summed E-state index contributed by atoms with van der Waals surface area (Å²) in [6.07, 6.45) is 0.338. The number of hydrogen-bond donors (Lipinski definition) is 2. The molecule has 2 rings (SSSR count). The van der Waals surface area contributed by atoms with Crippen LogP contribution in [0.2, 0.25) is 5.02 Å². The van der Waals surface area contributed by atoms with E-state index in [0.717, 1.165) is 5.56 Å². The Hall–Kier alpha value is -1.36. The molecule has 0 amide bonds. The zero-order chi connectivity index (χ0) is 14.0. The van der Waals surface area contributed by atoms with Crippen LogP contribution < -0.4 is 0 Å². The smallest absolute Gasteiger partial charge is 0.336 e. The summed E-state index contributed by atoms with van der Waals surface area (Å²) in [5.74, 6) is -1.02. The van der Waals surface area contributed by atoms with Crippen LogP contribution in [0, 0.1) is 0 Å². The summed E-state index contributed by atoms with van der Waals surface area (Å²) in [4.78, 5) is 11.6. The number of rotatable bonds is 4. The Morgan fingerprint density at radius 3 is 2.53 bits per heavy atom. The Morgan fingerprint density at radius 2 is 1.95 bits per heavy atom. The molecule has 0 fully saturated rings. The molecule has 2 aromatic rings. The van der Waals surface area contributed by atoms with Gasteiger partial charge in [0.15, 0.2) is 0 Å². The maximum atomic E-state index is 11.1. The molecule has 1 heterocycles. The molecular weight excluding hydrogens is 284 g/mol. The molecule has 0 aliphatic heterocycles. The van der Waals surface area contributed by atoms with E-state index < -0.39 is 11.6 Å². The standard InChI is InChI=1S/C14H13ClO3S/c1-14(18,8-9-2-4-10(15)5-3-9)12-11(13(16)17)6-7-19-12/h2-7,18H,8H2,1H3,(H,16,17). The van der Waals surface area contributed by atoms with Gasteiger partial charge in [-0.15, -0.1) is 11.3 Å². The molecular formula is C14H13ClO3S. The number of carbonyl (C=O) groups is 1. The number of aromatic carboxylic acids is 1. The number of carboxylic acid groups (broad SMARTS) is 1. The van der Waals surface area contributed by atoms with Crippen LogP contribution in [0.25, 0.3) is 0 Å². The lowest BCUT2D eigenvalue weighted by molar-refractivity contribution is 0.0550. The Labute approximate surface area is 120 Å². The summed E-state index contributed by atoms with van der Waals surface area (Å²) >= 11 is 7.06. The van der Waals surface area contributed by atoms with Gasteiger partial charge in [-0.25, -0.2) is 4.79 Å². The minimum Gasteiger partial charge on any atom is -0.478 e. The first kappa shape index (κ1) is 14.1. The molecule has 2 N–H and O–H groups in total. The van der Waals surface area contributed by atoms with Crippen molar-refractivity contribution in [2.45, 2.75) is 18.9 Å². The normalized spacial score (nSPS) is 14.1. The van der Waals surface area contributed by atoms with E-state index in [0.29, 0.717) is 16.3 Å². The van der Waals surface area contributed by atoms with Crippen LogP contribution in [0.5, 0.6) is 0 Å². The molecule has 1 aromatic heterocycles. The molecule has 1 unspecified atom stereocenters. The van der Waals surface area contributed by atoms with Crippen molar-refractivity contribution in [2.75, 3.05) is 0 Å². The fourth-order valence-corrected chi connectivity index (χ4v) is 3.05. The maximum Gasteiger partial charge on any atom is 0.336 e. The van der Waals surface area contributed by atoms with Crippen molar-refractivity contribution in [3.05, 3.63) is 56.7 Å². The number of aliphatic hydroxyl groups is 1. The summed E-state index contributed by atoms with van der Waals surface area (Å²) in [5, 5.41) is 21.9. The monoisotopic (exact) mass is 296 g/mol. The number of benzene rings is 1. The molecule has 0 radical (unpaired) electrons. The molecule has 1 atom stereocenters. The van der Waals surface area contributed by atoms with Crippen molar-refractivity contribution in [3.8, 4) is 0 Å². The third-order valence-corrected chi connectivity index (χ3v) is 4.27. The maximum absolute atomic E-state index is 11.1. The van der Waals surface area contributed by atoms with Crippen LogP contribution in [-0.2, 0) is 12.0 Å². The van der Waals surface area contributed by atoms with Crippen molar-refractivity contribution in [2.24, 2.45) is 0 Å². The average molecular weight is 297 g/mol. The second kappa shape index (κ2) is 5.33. The van der Waals surface area contributed by atoms with Gasteiger partial charge >= 0.3 is 5.97 Å². The van der Waals surface area contributed by atoms with Gasteiger partial charge < -0.3 is 10.2 Å². The molecule has 0 aliphatic rings. The van der Waals surface area contributed by atoms with Gasteiger partial charge in [0.05, 0.1) is 10.4 Å². The highest BCUT2D eigenvalue weighted by Crippen LogP contribution is 2.32. The topological polar surface area (TPSA) is 57.5 Å². The molecule has 1 aromatic carbocycles. The van der Waals surface area contributed by atoms with E-state index in [9.17, 15) is 9.90 Å². The summed E-state index contributed by atoms with van der Waals surface area (Å²) in [5.41, 5.74) is -0.154. The molecule has 3 nitrogen and oxygen atoms in total. The van der Waals surface area contributed by atoms with Crippen LogP contribution in [0.15, 0.2) is 35.7 Å². The Balaban J connectivity index is 2.29. The van der Waals surface area contributed by atoms with Gasteiger partial charge in [-0.1, -0.05) is 23.7 Å². The van der Waals surface area contributed by atoms with Gasteiger partial charge in [-0.2, -0.15) is 0 Å². The zero-order valence-corrected chi connectivity index (χ0v) is 11.8. The Bertz CT molecular complexity index is 587. The first-order valence-electron chi connectivity index (χ1n) is 5.68. The van der Waals surface area contributed by atoms with Gasteiger partial charge in [-0.05, 0) is 36.1 Å². The zero-order valence-electron chi connectivity index (χ0n) is 10.3. The molecule has 0 spiro atoms. The summed E-state index contributed by atoms with van der Waals surface area (Å²) in [7, 11) is 0. The number of carboxylic acids is 1. The van der Waals surface area contributed by atoms with E-state index in [-0.39, 0.29) is 5.56 Å². The van der Waals surface area contributed by atoms with E-state index >= 15 is 0 Å². The lowest BCUT2D eigenvalue weighted by atomic mass is 9.93. The summed E-state index contributed by atoms with van der Waals surface area (Å²) in [6, 6.07) is 8.66. The number of hydrogen-bond acceptors (Lipinski definition) is 3. The lowest BCUT2D eigenvalue weighted by Crippen LogP contribution is -2.25. The van der Waals surface area contributed by atoms with Gasteiger partial charge in [0.1, 0.15) is 5.60 Å². The second-order valence-corrected chi connectivity index (χ2v) is 5.90. The molecule has 0 aliphatic carbocycles. The molecule has 0 saturated heterocycles. The number of thiophene rings is 1. The van der Waals surface area contributed by atoms with Crippen molar-refractivity contribution in [1.29, 1.82) is 0 Å². The second-order valence-electron chi connectivity index (χ2n) is 4.55. The van der Waals surface area contributed by atoms with Gasteiger partial charge in [0.25, 0.3) is 0 Å². The fraction of sp³-hybridized carbons (Fsp3) is 0.214. The highest BCUT2D eigenvalue weighted by molar-refractivity contribution is 7.10. The van der Waals surface area contributed by atoms with Crippen LogP contribution in [0.3, 0.4) is 0 Å². The Morgan fingerprint density at radius 1 is 1.32 bits per heavy atom. The van der Waals surface area contributed by atoms with Crippen molar-refractivity contribution >= 4 is 28.9 Å². The molecule has 0 saturated carbocycles. The van der Waals surface area contributed by atoms with Crippen LogP contribution in [0.1, 0.15) is 27.7 Å². The molecule has 0 bridgehead atoms. The first-order valence-corrected chi connectivity index (χ1v) is 6.94. The van der Waals surface area contributed by atoms with Crippen LogP contribution >= 0.6 is 22.9 Å². The first-order chi connectivity index (χ1) is 8.90. The SMILES string of the molecule is CC(O)(Cc1ccc(Cl)cc1)c1sccc1C(=O)O. The predicted molar refractivity (Wildman–Crippen MR) is 76.0 cm³/mol. The van der Waals surface area contributed by atoms with Gasteiger partial charge in [0, 0.05) is 11.4 Å². The quantitative estimate of drug-likeness (QED) is 0.907. The van der Waals surface area contributed by atoms with E-state index in [2.05, 4.69) is 0 Å². The average Bonchev–Trinajstić information content (AvgIpc) is 2.82. The van der Waals surface area contributed by atoms with Crippen LogP contribution in [-0.4, -0.2) is 16.2 Å². The largest absolute Gasteiger partial charge is 0.478 e. The van der Waals surface area contributed by atoms with E-state index in [1.54, 1.807) is 24.4 Å². The summed E-state index contributed by atoms with van der Waals surface area (Å²) < 4.78 is 0. The van der Waals surface area contributed by atoms with Crippen molar-refractivity contribution in [3.63, 3.8) is 0 Å². The number of halogens is 1.